The second kappa shape index (κ2) is 12.4. The van der Waals surface area contributed by atoms with Crippen molar-refractivity contribution < 1.29 is 4.79 Å². The Morgan fingerprint density at radius 1 is 1.11 bits per heavy atom. The summed E-state index contributed by atoms with van der Waals surface area (Å²) in [6.45, 7) is 8.43. The zero-order chi connectivity index (χ0) is 24.7. The lowest BCUT2D eigenvalue weighted by Crippen LogP contribution is -2.45. The first kappa shape index (κ1) is 25.6. The number of carbonyl (C=O) groups is 1. The van der Waals surface area contributed by atoms with Gasteiger partial charge in [-0.15, -0.1) is 11.8 Å². The number of thioether (sulfide) groups is 1. The van der Waals surface area contributed by atoms with Crippen LogP contribution >= 0.6 is 11.8 Å². The number of nitrogens with zero attached hydrogens (tertiary/aromatic N) is 1. The van der Waals surface area contributed by atoms with Crippen LogP contribution in [-0.4, -0.2) is 50.1 Å². The number of piperidine rings is 2. The summed E-state index contributed by atoms with van der Waals surface area (Å²) < 4.78 is 0. The van der Waals surface area contributed by atoms with Gasteiger partial charge in [0.15, 0.2) is 0 Å². The fraction of sp³-hybridized carbons (Fsp3) is 0.516. The molecule has 2 N–H and O–H groups in total. The van der Waals surface area contributed by atoms with Crippen molar-refractivity contribution >= 4 is 23.2 Å². The number of likely N-dealkylation sites (tertiary alicyclic amines) is 1. The molecular formula is C31H41N3OS. The Labute approximate surface area is 221 Å². The normalized spacial score (nSPS) is 24.5. The zero-order valence-corrected chi connectivity index (χ0v) is 22.5. The molecule has 192 valence electrons. The average Bonchev–Trinajstić information content (AvgIpc) is 3.10. The summed E-state index contributed by atoms with van der Waals surface area (Å²) in [6, 6.07) is 18.2. The van der Waals surface area contributed by atoms with Crippen LogP contribution in [0.2, 0.25) is 0 Å². The van der Waals surface area contributed by atoms with Crippen molar-refractivity contribution in [2.45, 2.75) is 56.1 Å². The Morgan fingerprint density at radius 3 is 2.78 bits per heavy atom. The van der Waals surface area contributed by atoms with Crippen molar-refractivity contribution in [2.24, 2.45) is 11.8 Å². The van der Waals surface area contributed by atoms with Crippen LogP contribution < -0.4 is 10.6 Å². The number of unbranched alkanes of at least 4 members (excludes halogenated alkanes) is 1. The van der Waals surface area contributed by atoms with Crippen LogP contribution in [0.25, 0.3) is 5.57 Å². The van der Waals surface area contributed by atoms with Crippen LogP contribution in [0, 0.1) is 11.8 Å². The van der Waals surface area contributed by atoms with E-state index in [1.165, 1.54) is 40.0 Å². The zero-order valence-electron chi connectivity index (χ0n) is 21.7. The summed E-state index contributed by atoms with van der Waals surface area (Å²) in [4.78, 5) is 15.7. The Bertz CT molecular complexity index is 1030. The topological polar surface area (TPSA) is 44.4 Å². The quantitative estimate of drug-likeness (QED) is 0.474. The highest BCUT2D eigenvalue weighted by Crippen LogP contribution is 2.46. The summed E-state index contributed by atoms with van der Waals surface area (Å²) in [7, 11) is 0. The van der Waals surface area contributed by atoms with Gasteiger partial charge >= 0.3 is 0 Å². The maximum Gasteiger partial charge on any atom is 0.219 e. The van der Waals surface area contributed by atoms with Crippen molar-refractivity contribution in [3.8, 4) is 0 Å². The van der Waals surface area contributed by atoms with Gasteiger partial charge in [0.05, 0.1) is 0 Å². The lowest BCUT2D eigenvalue weighted by molar-refractivity contribution is -0.120. The van der Waals surface area contributed by atoms with Gasteiger partial charge < -0.3 is 15.5 Å². The van der Waals surface area contributed by atoms with E-state index in [1.54, 1.807) is 5.57 Å². The van der Waals surface area contributed by atoms with Crippen LogP contribution in [-0.2, 0) is 10.5 Å². The van der Waals surface area contributed by atoms with Crippen LogP contribution in [0.4, 0.5) is 0 Å². The molecule has 2 aromatic rings. The van der Waals surface area contributed by atoms with Gasteiger partial charge in [-0.3, -0.25) is 4.79 Å². The molecule has 2 unspecified atom stereocenters. The Morgan fingerprint density at radius 2 is 1.94 bits per heavy atom. The van der Waals surface area contributed by atoms with E-state index in [4.69, 9.17) is 0 Å². The molecule has 5 heteroatoms. The van der Waals surface area contributed by atoms with E-state index in [1.807, 2.05) is 18.7 Å². The third-order valence-electron chi connectivity index (χ3n) is 8.20. The minimum atomic E-state index is 0.163. The van der Waals surface area contributed by atoms with Gasteiger partial charge in [0, 0.05) is 36.7 Å². The summed E-state index contributed by atoms with van der Waals surface area (Å²) in [5, 5.41) is 6.74. The molecule has 36 heavy (non-hydrogen) atoms. The van der Waals surface area contributed by atoms with Gasteiger partial charge in [-0.2, -0.15) is 0 Å². The number of carbonyl (C=O) groups excluding carboxylic acids is 1. The first-order chi connectivity index (χ1) is 17.7. The predicted molar refractivity (Wildman–Crippen MR) is 151 cm³/mol. The largest absolute Gasteiger partial charge is 0.356 e. The summed E-state index contributed by atoms with van der Waals surface area (Å²) in [6.07, 6.45) is 6.53. The van der Waals surface area contributed by atoms with Gasteiger partial charge in [-0.05, 0) is 91.9 Å². The lowest BCUT2D eigenvalue weighted by Gasteiger charge is -2.42. The number of hydrogen-bond acceptors (Lipinski definition) is 4. The Kier molecular flexibility index (Phi) is 8.84. The average molecular weight is 504 g/mol. The summed E-state index contributed by atoms with van der Waals surface area (Å²) in [5.41, 5.74) is 7.59. The summed E-state index contributed by atoms with van der Waals surface area (Å²) in [5.74, 6) is 2.49. The minimum absolute atomic E-state index is 0.163. The van der Waals surface area contributed by atoms with Crippen LogP contribution in [0.1, 0.15) is 62.1 Å². The standard InChI is InChI=1S/C31H41N3OS/c1-2-30(35)33-17-7-8-18-34-19-15-26(28(21-34)23-11-9-16-32-20-23)31-25-12-4-3-10-24(25)22-36-29-14-6-5-13-27(29)31/h3-6,10,12-14,23,28,32H,2,7-9,11,15-22H2,1H3,(H,33,35). The third kappa shape index (κ3) is 5.90. The second-order valence-corrected chi connectivity index (χ2v) is 11.5. The third-order valence-corrected chi connectivity index (χ3v) is 9.32. The maximum atomic E-state index is 11.5. The molecule has 0 saturated carbocycles. The first-order valence-electron chi connectivity index (χ1n) is 14.0. The lowest BCUT2D eigenvalue weighted by atomic mass is 9.73. The van der Waals surface area contributed by atoms with Crippen LogP contribution in [0.5, 0.6) is 0 Å². The molecule has 2 fully saturated rings. The van der Waals surface area contributed by atoms with E-state index in [2.05, 4.69) is 64.1 Å². The van der Waals surface area contributed by atoms with Gasteiger partial charge in [0.25, 0.3) is 0 Å². The molecule has 0 aromatic heterocycles. The molecule has 0 radical (unpaired) electrons. The predicted octanol–water partition coefficient (Wildman–Crippen LogP) is 5.72. The second-order valence-electron chi connectivity index (χ2n) is 10.5. The number of rotatable bonds is 7. The van der Waals surface area contributed by atoms with Crippen LogP contribution in [0.15, 0.2) is 59.0 Å². The molecule has 3 heterocycles. The number of benzene rings is 2. The molecule has 5 rings (SSSR count). The molecule has 2 atom stereocenters. The van der Waals surface area contributed by atoms with Gasteiger partial charge in [-0.25, -0.2) is 0 Å². The van der Waals surface area contributed by atoms with E-state index in [9.17, 15) is 4.79 Å². The number of hydrogen-bond donors (Lipinski definition) is 2. The minimum Gasteiger partial charge on any atom is -0.356 e. The van der Waals surface area contributed by atoms with E-state index in [0.29, 0.717) is 18.3 Å². The van der Waals surface area contributed by atoms with Crippen molar-refractivity contribution in [1.82, 2.24) is 15.5 Å². The molecule has 3 aliphatic rings. The van der Waals surface area contributed by atoms with Crippen molar-refractivity contribution in [3.63, 3.8) is 0 Å². The molecule has 0 bridgehead atoms. The van der Waals surface area contributed by atoms with Crippen LogP contribution in [0.3, 0.4) is 0 Å². The van der Waals surface area contributed by atoms with E-state index < -0.39 is 0 Å². The number of fused-ring (bicyclic) bond motifs is 2. The fourth-order valence-corrected chi connectivity index (χ4v) is 7.32. The van der Waals surface area contributed by atoms with Gasteiger partial charge in [0.2, 0.25) is 5.91 Å². The highest BCUT2D eigenvalue weighted by atomic mass is 32.2. The molecular weight excluding hydrogens is 462 g/mol. The van der Waals surface area contributed by atoms with E-state index in [0.717, 1.165) is 64.3 Å². The molecule has 0 spiro atoms. The van der Waals surface area contributed by atoms with Gasteiger partial charge in [-0.1, -0.05) is 55.0 Å². The van der Waals surface area contributed by atoms with Gasteiger partial charge in [0.1, 0.15) is 0 Å². The molecule has 2 aromatic carbocycles. The molecule has 4 nitrogen and oxygen atoms in total. The van der Waals surface area contributed by atoms with E-state index in [-0.39, 0.29) is 5.91 Å². The maximum absolute atomic E-state index is 11.5. The first-order valence-corrected chi connectivity index (χ1v) is 15.0. The Hall–Kier alpha value is -2.08. The summed E-state index contributed by atoms with van der Waals surface area (Å²) >= 11 is 1.99. The molecule has 1 amide bonds. The SMILES string of the molecule is CCC(=O)NCCCCN1CCC(=C2c3ccccc3CSc3ccccc32)C(C2CCCNC2)C1. The smallest absolute Gasteiger partial charge is 0.219 e. The van der Waals surface area contributed by atoms with Crippen molar-refractivity contribution in [2.75, 3.05) is 39.3 Å². The Balaban J connectivity index is 1.43. The molecule has 3 aliphatic heterocycles. The fourth-order valence-electron chi connectivity index (χ4n) is 6.26. The number of amides is 1. The number of nitrogens with one attached hydrogen (secondary N) is 2. The highest BCUT2D eigenvalue weighted by molar-refractivity contribution is 7.98. The molecule has 0 aliphatic carbocycles. The van der Waals surface area contributed by atoms with Crippen molar-refractivity contribution in [3.05, 3.63) is 70.8 Å². The highest BCUT2D eigenvalue weighted by Gasteiger charge is 2.35. The van der Waals surface area contributed by atoms with E-state index >= 15 is 0 Å². The van der Waals surface area contributed by atoms with Crippen molar-refractivity contribution in [1.29, 1.82) is 0 Å². The monoisotopic (exact) mass is 503 g/mol. The molecule has 2 saturated heterocycles.